The average molecular weight is 783 g/mol. The Morgan fingerprint density at radius 3 is 1.37 bits per heavy atom. The topological polar surface area (TPSA) is 57.4 Å². The van der Waals surface area contributed by atoms with Crippen molar-refractivity contribution in [3.63, 3.8) is 0 Å². The van der Waals surface area contributed by atoms with Crippen LogP contribution in [0.4, 0.5) is 13.2 Å². The molecular weight excluding hydrogens is 750 g/mol. The number of para-hydroxylation sites is 2. The Balaban J connectivity index is 1.38. The van der Waals surface area contributed by atoms with Gasteiger partial charge in [-0.05, 0) is 90.2 Å². The molecule has 0 aliphatic carbocycles. The van der Waals surface area contributed by atoms with Crippen LogP contribution >= 0.6 is 0 Å². The molecule has 0 radical (unpaired) electrons. The van der Waals surface area contributed by atoms with Gasteiger partial charge in [-0.1, -0.05) is 126 Å². The van der Waals surface area contributed by atoms with Gasteiger partial charge >= 0.3 is 6.18 Å². The van der Waals surface area contributed by atoms with Crippen LogP contribution in [0.3, 0.4) is 0 Å². The summed E-state index contributed by atoms with van der Waals surface area (Å²) < 4.78 is 49.2. The number of nitriles is 2. The number of fused-ring (bicyclic) bond motifs is 6. The standard InChI is InChI=1S/C53H33F3N4/c1-32-10-7-12-34(24-32)36-20-22-42-40-15-3-5-18-46(40)59(48(42)26-36)50-28-39(52-38(30-57)14-9-17-45(52)53(54,55)56)29-51(44(50)31-58)60-47-19-6-4-16-41(47)43-23-21-37(27-49(43)60)35-13-8-11-33(2)25-35/h3-29H,1-2H3. The first-order chi connectivity index (χ1) is 29.1. The van der Waals surface area contributed by atoms with Gasteiger partial charge in [0.15, 0.2) is 0 Å². The van der Waals surface area contributed by atoms with Gasteiger partial charge in [0.25, 0.3) is 0 Å². The minimum atomic E-state index is -4.78. The maximum Gasteiger partial charge on any atom is 0.417 e. The van der Waals surface area contributed by atoms with Crippen LogP contribution in [0.1, 0.15) is 27.8 Å². The van der Waals surface area contributed by atoms with Gasteiger partial charge in [-0.25, -0.2) is 0 Å². The van der Waals surface area contributed by atoms with Crippen molar-refractivity contribution in [2.24, 2.45) is 0 Å². The van der Waals surface area contributed by atoms with E-state index in [0.717, 1.165) is 83.1 Å². The zero-order valence-corrected chi connectivity index (χ0v) is 32.5. The molecule has 0 N–H and O–H groups in total. The highest BCUT2D eigenvalue weighted by molar-refractivity contribution is 6.12. The third kappa shape index (κ3) is 5.82. The summed E-state index contributed by atoms with van der Waals surface area (Å²) in [4.78, 5) is 0. The zero-order valence-electron chi connectivity index (χ0n) is 32.5. The minimum absolute atomic E-state index is 0.126. The first-order valence-corrected chi connectivity index (χ1v) is 19.5. The molecule has 2 aromatic heterocycles. The number of hydrogen-bond acceptors (Lipinski definition) is 2. The maximum absolute atomic E-state index is 15.1. The summed E-state index contributed by atoms with van der Waals surface area (Å²) in [6, 6.07) is 56.1. The van der Waals surface area contributed by atoms with Crippen LogP contribution in [0, 0.1) is 36.5 Å². The van der Waals surface area contributed by atoms with Crippen LogP contribution in [-0.4, -0.2) is 9.13 Å². The van der Waals surface area contributed by atoms with E-state index in [1.807, 2.05) is 114 Å². The van der Waals surface area contributed by atoms with E-state index in [1.54, 1.807) is 12.1 Å². The lowest BCUT2D eigenvalue weighted by atomic mass is 9.92. The summed E-state index contributed by atoms with van der Waals surface area (Å²) in [7, 11) is 0. The van der Waals surface area contributed by atoms with Crippen LogP contribution in [0.15, 0.2) is 164 Å². The number of alkyl halides is 3. The summed E-state index contributed by atoms with van der Waals surface area (Å²) >= 11 is 0. The third-order valence-electron chi connectivity index (χ3n) is 11.5. The molecule has 7 heteroatoms. The molecule has 0 saturated heterocycles. The molecule has 0 spiro atoms. The van der Waals surface area contributed by atoms with Crippen molar-refractivity contribution >= 4 is 43.6 Å². The highest BCUT2D eigenvalue weighted by Gasteiger charge is 2.35. The molecule has 4 nitrogen and oxygen atoms in total. The maximum atomic E-state index is 15.1. The molecule has 0 atom stereocenters. The number of rotatable bonds is 5. The van der Waals surface area contributed by atoms with E-state index in [2.05, 4.69) is 54.6 Å². The monoisotopic (exact) mass is 782 g/mol. The minimum Gasteiger partial charge on any atom is -0.308 e. The van der Waals surface area contributed by atoms with Crippen molar-refractivity contribution < 1.29 is 13.2 Å². The Labute approximate surface area is 343 Å². The second-order valence-electron chi connectivity index (χ2n) is 15.2. The highest BCUT2D eigenvalue weighted by atomic mass is 19.4. The van der Waals surface area contributed by atoms with E-state index in [0.29, 0.717) is 11.4 Å². The predicted octanol–water partition coefficient (Wildman–Crippen LogP) is 14.3. The molecular formula is C53H33F3N4. The normalized spacial score (nSPS) is 11.7. The number of hydrogen-bond donors (Lipinski definition) is 0. The number of aromatic nitrogens is 2. The van der Waals surface area contributed by atoms with Gasteiger partial charge in [-0.2, -0.15) is 23.7 Å². The SMILES string of the molecule is Cc1cccc(-c2ccc3c4ccccc4n(-c4cc(-c5c(C#N)cccc5C(F)(F)F)cc(-n5c6ccccc6c6ccc(-c7cccc(C)c7)cc65)c4C#N)c3c2)c1. The summed E-state index contributed by atoms with van der Waals surface area (Å²) in [5, 5.41) is 25.5. The molecule has 8 aromatic carbocycles. The largest absolute Gasteiger partial charge is 0.417 e. The Morgan fingerprint density at radius 1 is 0.433 bits per heavy atom. The molecule has 0 unspecified atom stereocenters. The van der Waals surface area contributed by atoms with E-state index < -0.39 is 11.7 Å². The molecule has 0 amide bonds. The lowest BCUT2D eigenvalue weighted by molar-refractivity contribution is -0.137. The quantitative estimate of drug-likeness (QED) is 0.175. The van der Waals surface area contributed by atoms with Crippen molar-refractivity contribution in [1.82, 2.24) is 9.13 Å². The van der Waals surface area contributed by atoms with Gasteiger partial charge in [0.1, 0.15) is 11.6 Å². The Hall–Kier alpha value is -7.87. The van der Waals surface area contributed by atoms with Gasteiger partial charge < -0.3 is 9.13 Å². The Morgan fingerprint density at radius 2 is 0.900 bits per heavy atom. The first-order valence-electron chi connectivity index (χ1n) is 19.5. The molecule has 0 bridgehead atoms. The van der Waals surface area contributed by atoms with E-state index in [1.165, 1.54) is 12.1 Å². The van der Waals surface area contributed by atoms with E-state index in [-0.39, 0.29) is 22.3 Å². The summed E-state index contributed by atoms with van der Waals surface area (Å²) in [5.41, 5.74) is 9.13. The Bertz CT molecular complexity index is 3300. The van der Waals surface area contributed by atoms with Crippen LogP contribution in [0.25, 0.3) is 88.4 Å². The lowest BCUT2D eigenvalue weighted by Gasteiger charge is -2.21. The van der Waals surface area contributed by atoms with Gasteiger partial charge in [-0.3, -0.25) is 0 Å². The summed E-state index contributed by atoms with van der Waals surface area (Å²) in [5.74, 6) is 0. The van der Waals surface area contributed by atoms with E-state index in [9.17, 15) is 10.5 Å². The van der Waals surface area contributed by atoms with Gasteiger partial charge in [0.2, 0.25) is 0 Å². The fourth-order valence-electron chi connectivity index (χ4n) is 8.88. The molecule has 0 aliphatic rings. The first kappa shape index (κ1) is 36.5. The van der Waals surface area contributed by atoms with Crippen molar-refractivity contribution in [3.8, 4) is 56.9 Å². The second-order valence-corrected chi connectivity index (χ2v) is 15.2. The van der Waals surface area contributed by atoms with Crippen LogP contribution in [-0.2, 0) is 6.18 Å². The molecule has 2 heterocycles. The van der Waals surface area contributed by atoms with Crippen molar-refractivity contribution in [1.29, 1.82) is 10.5 Å². The van der Waals surface area contributed by atoms with Crippen molar-refractivity contribution in [2.75, 3.05) is 0 Å². The average Bonchev–Trinajstić information content (AvgIpc) is 3.77. The number of benzene rings is 8. The summed E-state index contributed by atoms with van der Waals surface area (Å²) in [6.07, 6.45) is -4.78. The van der Waals surface area contributed by atoms with E-state index in [4.69, 9.17) is 0 Å². The zero-order chi connectivity index (χ0) is 41.3. The fourth-order valence-corrected chi connectivity index (χ4v) is 8.88. The predicted molar refractivity (Wildman–Crippen MR) is 235 cm³/mol. The number of aryl methyl sites for hydroxylation is 2. The second kappa shape index (κ2) is 13.9. The van der Waals surface area contributed by atoms with E-state index >= 15 is 13.2 Å². The molecule has 0 aliphatic heterocycles. The van der Waals surface area contributed by atoms with Crippen molar-refractivity contribution in [3.05, 3.63) is 192 Å². The molecule has 0 saturated carbocycles. The van der Waals surface area contributed by atoms with Crippen LogP contribution in [0.2, 0.25) is 0 Å². The molecule has 10 aromatic rings. The number of halogens is 3. The molecule has 286 valence electrons. The smallest absolute Gasteiger partial charge is 0.308 e. The fraction of sp³-hybridized carbons (Fsp3) is 0.0566. The number of nitrogens with zero attached hydrogens (tertiary/aromatic N) is 4. The van der Waals surface area contributed by atoms with Gasteiger partial charge in [-0.15, -0.1) is 0 Å². The van der Waals surface area contributed by atoms with Crippen LogP contribution in [0.5, 0.6) is 0 Å². The van der Waals surface area contributed by atoms with Crippen LogP contribution < -0.4 is 0 Å². The van der Waals surface area contributed by atoms with Gasteiger partial charge in [0, 0.05) is 27.1 Å². The molecule has 0 fully saturated rings. The third-order valence-corrected chi connectivity index (χ3v) is 11.5. The van der Waals surface area contributed by atoms with Gasteiger partial charge in [0.05, 0.1) is 50.6 Å². The van der Waals surface area contributed by atoms with Crippen molar-refractivity contribution in [2.45, 2.75) is 20.0 Å². The highest BCUT2D eigenvalue weighted by Crippen LogP contribution is 2.45. The lowest BCUT2D eigenvalue weighted by Crippen LogP contribution is -2.10. The Kier molecular flexibility index (Phi) is 8.45. The molecule has 10 rings (SSSR count). The molecule has 60 heavy (non-hydrogen) atoms. The summed E-state index contributed by atoms with van der Waals surface area (Å²) in [6.45, 7) is 4.08.